The number of nitrogens with one attached hydrogen (secondary N) is 1. The molecule has 2 atom stereocenters. The zero-order valence-electron chi connectivity index (χ0n) is 24.3. The van der Waals surface area contributed by atoms with Crippen molar-refractivity contribution in [2.45, 2.75) is 43.4 Å². The van der Waals surface area contributed by atoms with Crippen LogP contribution in [0.2, 0.25) is 0 Å². The van der Waals surface area contributed by atoms with Crippen molar-refractivity contribution in [1.82, 2.24) is 20.0 Å². The Labute approximate surface area is 256 Å². The van der Waals surface area contributed by atoms with Crippen LogP contribution >= 0.6 is 0 Å². The molecule has 4 aromatic rings. The molecule has 1 aromatic heterocycles. The van der Waals surface area contributed by atoms with Crippen LogP contribution in [0.3, 0.4) is 0 Å². The average Bonchev–Trinajstić information content (AvgIpc) is 3.76. The van der Waals surface area contributed by atoms with E-state index < -0.39 is 46.9 Å². The fourth-order valence-corrected chi connectivity index (χ4v) is 6.13. The van der Waals surface area contributed by atoms with Gasteiger partial charge >= 0.3 is 6.18 Å². The van der Waals surface area contributed by atoms with Gasteiger partial charge in [-0.05, 0) is 67.8 Å². The Morgan fingerprint density at radius 3 is 2.38 bits per heavy atom. The molecule has 1 saturated carbocycles. The van der Waals surface area contributed by atoms with Crippen molar-refractivity contribution in [2.24, 2.45) is 0 Å². The highest BCUT2D eigenvalue weighted by Crippen LogP contribution is 2.55. The molecule has 12 heteroatoms. The number of benzene rings is 3. The standard InChI is InChI=1S/C33H28F4N6O2/c1-3-42-30-26(28(32(16-17-32)41(2)19-38)40-43(30)24-10-5-4-6-11-24)25(20-12-14-23(34)15-13-20)27(31(42)45)39-29(44)21-8-7-9-22(18-21)33(35,36)37/h4-15,18,25,27H,3,16-17H2,1-2H3,(H,39,44)/t25-,27-/m0/s1. The van der Waals surface area contributed by atoms with Gasteiger partial charge in [-0.15, -0.1) is 0 Å². The fourth-order valence-electron chi connectivity index (χ4n) is 6.13. The molecule has 3 aromatic carbocycles. The van der Waals surface area contributed by atoms with Gasteiger partial charge in [-0.2, -0.15) is 23.5 Å². The summed E-state index contributed by atoms with van der Waals surface area (Å²) >= 11 is 0. The van der Waals surface area contributed by atoms with Gasteiger partial charge in [0.1, 0.15) is 17.7 Å². The monoisotopic (exact) mass is 616 g/mol. The van der Waals surface area contributed by atoms with E-state index in [2.05, 4.69) is 11.5 Å². The first-order valence-electron chi connectivity index (χ1n) is 14.4. The highest BCUT2D eigenvalue weighted by molar-refractivity contribution is 6.05. The first-order chi connectivity index (χ1) is 21.5. The molecule has 0 radical (unpaired) electrons. The summed E-state index contributed by atoms with van der Waals surface area (Å²) in [6, 6.07) is 17.3. The maximum absolute atomic E-state index is 14.4. The van der Waals surface area contributed by atoms with Crippen molar-refractivity contribution in [2.75, 3.05) is 18.5 Å². The van der Waals surface area contributed by atoms with Crippen LogP contribution in [0.15, 0.2) is 78.9 Å². The van der Waals surface area contributed by atoms with E-state index in [1.165, 1.54) is 40.1 Å². The van der Waals surface area contributed by atoms with E-state index in [1.807, 2.05) is 30.3 Å². The van der Waals surface area contributed by atoms with Crippen LogP contribution in [-0.2, 0) is 16.5 Å². The van der Waals surface area contributed by atoms with Crippen LogP contribution in [0.1, 0.15) is 58.4 Å². The predicted octanol–water partition coefficient (Wildman–Crippen LogP) is 5.73. The van der Waals surface area contributed by atoms with Gasteiger partial charge in [0, 0.05) is 30.6 Å². The summed E-state index contributed by atoms with van der Waals surface area (Å²) < 4.78 is 56.2. The normalized spacial score (nSPS) is 18.6. The zero-order chi connectivity index (χ0) is 32.1. The van der Waals surface area contributed by atoms with Crippen molar-refractivity contribution in [1.29, 1.82) is 5.26 Å². The highest BCUT2D eigenvalue weighted by atomic mass is 19.4. The van der Waals surface area contributed by atoms with Crippen LogP contribution in [-0.4, -0.2) is 46.1 Å². The number of alkyl halides is 3. The molecular weight excluding hydrogens is 588 g/mol. The van der Waals surface area contributed by atoms with E-state index in [0.717, 1.165) is 18.2 Å². The second-order valence-corrected chi connectivity index (χ2v) is 11.2. The Morgan fingerprint density at radius 2 is 1.78 bits per heavy atom. The van der Waals surface area contributed by atoms with E-state index in [1.54, 1.807) is 18.7 Å². The lowest BCUT2D eigenvalue weighted by atomic mass is 9.79. The second-order valence-electron chi connectivity index (χ2n) is 11.2. The molecule has 2 aliphatic rings. The molecule has 1 fully saturated rings. The van der Waals surface area contributed by atoms with E-state index in [9.17, 15) is 32.4 Å². The number of carbonyl (C=O) groups is 2. The first kappa shape index (κ1) is 29.9. The fraction of sp³-hybridized carbons (Fsp3) is 0.273. The Bertz CT molecular complexity index is 1810. The summed E-state index contributed by atoms with van der Waals surface area (Å²) in [5.41, 5.74) is 0.190. The number of nitriles is 1. The quantitative estimate of drug-likeness (QED) is 0.163. The van der Waals surface area contributed by atoms with Gasteiger partial charge < -0.3 is 10.2 Å². The molecular formula is C33H28F4N6O2. The number of rotatable bonds is 7. The average molecular weight is 617 g/mol. The van der Waals surface area contributed by atoms with Crippen LogP contribution < -0.4 is 10.2 Å². The van der Waals surface area contributed by atoms with Crippen LogP contribution in [0.4, 0.5) is 23.4 Å². The summed E-state index contributed by atoms with van der Waals surface area (Å²) in [5.74, 6) is -2.37. The lowest BCUT2D eigenvalue weighted by Gasteiger charge is -2.39. The molecule has 1 N–H and O–H groups in total. The van der Waals surface area contributed by atoms with Gasteiger partial charge in [0.2, 0.25) is 0 Å². The molecule has 230 valence electrons. The van der Waals surface area contributed by atoms with Crippen molar-refractivity contribution < 1.29 is 27.2 Å². The number of carbonyl (C=O) groups excluding carboxylic acids is 2. The van der Waals surface area contributed by atoms with E-state index in [4.69, 9.17) is 5.10 Å². The van der Waals surface area contributed by atoms with Gasteiger partial charge in [-0.1, -0.05) is 36.4 Å². The number of likely N-dealkylation sites (N-methyl/N-ethyl adjacent to an activating group) is 1. The lowest BCUT2D eigenvalue weighted by Crippen LogP contribution is -2.55. The Morgan fingerprint density at radius 1 is 1.09 bits per heavy atom. The summed E-state index contributed by atoms with van der Waals surface area (Å²) in [4.78, 5) is 30.9. The Kier molecular flexibility index (Phi) is 7.35. The van der Waals surface area contributed by atoms with Crippen molar-refractivity contribution >= 4 is 17.6 Å². The Hall–Kier alpha value is -5.18. The first-order valence-corrected chi connectivity index (χ1v) is 14.4. The Balaban J connectivity index is 1.58. The number of para-hydroxylation sites is 1. The molecule has 0 spiro atoms. The molecule has 0 saturated heterocycles. The largest absolute Gasteiger partial charge is 0.416 e. The number of hydrogen-bond acceptors (Lipinski definition) is 5. The topological polar surface area (TPSA) is 94.3 Å². The number of halogens is 4. The van der Waals surface area contributed by atoms with Crippen molar-refractivity contribution in [3.05, 3.63) is 113 Å². The molecule has 45 heavy (non-hydrogen) atoms. The second kappa shape index (κ2) is 11.1. The van der Waals surface area contributed by atoms with Gasteiger partial charge in [0.25, 0.3) is 11.8 Å². The minimum atomic E-state index is -4.67. The van der Waals surface area contributed by atoms with E-state index in [-0.39, 0.29) is 12.1 Å². The number of nitrogens with zero attached hydrogens (tertiary/aromatic N) is 5. The summed E-state index contributed by atoms with van der Waals surface area (Å²) in [7, 11) is 1.66. The van der Waals surface area contributed by atoms with Gasteiger partial charge in [-0.25, -0.2) is 9.07 Å². The zero-order valence-corrected chi connectivity index (χ0v) is 24.3. The molecule has 2 heterocycles. The number of aromatic nitrogens is 2. The molecule has 1 aliphatic heterocycles. The van der Waals surface area contributed by atoms with Gasteiger partial charge in [-0.3, -0.25) is 14.5 Å². The number of anilines is 1. The lowest BCUT2D eigenvalue weighted by molar-refractivity contribution is -0.137. The maximum atomic E-state index is 14.4. The summed E-state index contributed by atoms with van der Waals surface area (Å²) in [6.45, 7) is 1.94. The smallest absolute Gasteiger partial charge is 0.339 e. The van der Waals surface area contributed by atoms with Crippen molar-refractivity contribution in [3.8, 4) is 11.9 Å². The molecule has 8 nitrogen and oxygen atoms in total. The maximum Gasteiger partial charge on any atom is 0.416 e. The molecule has 0 bridgehead atoms. The SMILES string of the molecule is CCN1C(=O)[C@@H](NC(=O)c2cccc(C(F)(F)F)c2)[C@@H](c2ccc(F)cc2)c2c(C3(N(C)C#N)CC3)nn(-c3ccccc3)c21. The minimum Gasteiger partial charge on any atom is -0.339 e. The van der Waals surface area contributed by atoms with E-state index in [0.29, 0.717) is 41.2 Å². The third-order valence-electron chi connectivity index (χ3n) is 8.57. The molecule has 2 amide bonds. The summed E-state index contributed by atoms with van der Waals surface area (Å²) in [6.07, 6.45) is -1.27. The molecule has 6 rings (SSSR count). The third-order valence-corrected chi connectivity index (χ3v) is 8.57. The number of fused-ring (bicyclic) bond motifs is 1. The van der Waals surface area contributed by atoms with Crippen LogP contribution in [0.5, 0.6) is 0 Å². The van der Waals surface area contributed by atoms with Gasteiger partial charge in [0.15, 0.2) is 6.19 Å². The van der Waals surface area contributed by atoms with Crippen molar-refractivity contribution in [3.63, 3.8) is 0 Å². The molecule has 0 unspecified atom stereocenters. The van der Waals surface area contributed by atoms with Gasteiger partial charge in [0.05, 0.1) is 22.5 Å². The number of hydrogen-bond donors (Lipinski definition) is 1. The number of amides is 2. The minimum absolute atomic E-state index is 0.178. The third kappa shape index (κ3) is 5.08. The highest BCUT2D eigenvalue weighted by Gasteiger charge is 2.56. The van der Waals surface area contributed by atoms with E-state index >= 15 is 0 Å². The van der Waals surface area contributed by atoms with Crippen LogP contribution in [0.25, 0.3) is 5.69 Å². The molecule has 1 aliphatic carbocycles. The summed E-state index contributed by atoms with van der Waals surface area (Å²) in [5, 5.41) is 17.7. The predicted molar refractivity (Wildman–Crippen MR) is 157 cm³/mol. The van der Waals surface area contributed by atoms with Crippen LogP contribution in [0, 0.1) is 17.3 Å².